The molecule has 2 amide bonds. The lowest BCUT2D eigenvalue weighted by Crippen LogP contribution is -2.45. The van der Waals surface area contributed by atoms with E-state index in [1.54, 1.807) is 24.1 Å². The Hall–Kier alpha value is -3.12. The molecule has 2 aliphatic heterocycles. The van der Waals surface area contributed by atoms with Crippen molar-refractivity contribution in [2.24, 2.45) is 0 Å². The van der Waals surface area contributed by atoms with Crippen LogP contribution >= 0.6 is 0 Å². The molecular weight excluding hydrogens is 438 g/mol. The van der Waals surface area contributed by atoms with Crippen LogP contribution in [0.4, 0.5) is 4.79 Å². The maximum Gasteiger partial charge on any atom is 0.407 e. The van der Waals surface area contributed by atoms with Crippen LogP contribution < -0.4 is 9.46 Å². The topological polar surface area (TPSA) is 134 Å². The van der Waals surface area contributed by atoms with Crippen LogP contribution in [-0.2, 0) is 36.1 Å². The van der Waals surface area contributed by atoms with Gasteiger partial charge < -0.3 is 19.6 Å². The van der Waals surface area contributed by atoms with Crippen LogP contribution in [0.3, 0.4) is 0 Å². The monoisotopic (exact) mass is 463 g/mol. The van der Waals surface area contributed by atoms with E-state index in [2.05, 4.69) is 9.82 Å². The molecule has 0 saturated carbocycles. The summed E-state index contributed by atoms with van der Waals surface area (Å²) in [6.07, 6.45) is 0.425. The maximum atomic E-state index is 13.6. The molecule has 11 nitrogen and oxygen atoms in total. The summed E-state index contributed by atoms with van der Waals surface area (Å²) < 4.78 is 33.1. The number of amides is 2. The Morgan fingerprint density at radius 3 is 2.62 bits per heavy atom. The molecule has 1 aromatic carbocycles. The maximum absolute atomic E-state index is 13.6. The Kier molecular flexibility index (Phi) is 5.82. The number of carbonyl (C=O) groups excluding carboxylic acids is 1. The minimum Gasteiger partial charge on any atom is -0.497 e. The first kappa shape index (κ1) is 22.1. The molecule has 2 N–H and O–H groups in total. The Balaban J connectivity index is 1.71. The summed E-state index contributed by atoms with van der Waals surface area (Å²) in [6.45, 7) is 0.958. The summed E-state index contributed by atoms with van der Waals surface area (Å²) in [6, 6.07) is 6.69. The molecule has 2 aliphatic rings. The number of benzene rings is 1. The SMILES string of the molecule is COc1ccc(CN2CC(NS(C)(=O)=O)Cn3nc4c(c3C2=O)CN(C(=O)O)CC4)cc1. The zero-order valence-corrected chi connectivity index (χ0v) is 18.6. The van der Waals surface area contributed by atoms with E-state index < -0.39 is 22.2 Å². The number of ether oxygens (including phenoxy) is 1. The van der Waals surface area contributed by atoms with Crippen molar-refractivity contribution >= 4 is 22.0 Å². The average molecular weight is 464 g/mol. The normalized spacial score (nSPS) is 18.7. The number of hydrogen-bond acceptors (Lipinski definition) is 6. The molecule has 1 aromatic heterocycles. The number of methoxy groups -OCH3 is 1. The van der Waals surface area contributed by atoms with Gasteiger partial charge in [0.15, 0.2) is 0 Å². The van der Waals surface area contributed by atoms with Gasteiger partial charge in [0.2, 0.25) is 10.0 Å². The van der Waals surface area contributed by atoms with E-state index in [-0.39, 0.29) is 32.1 Å². The van der Waals surface area contributed by atoms with Gasteiger partial charge >= 0.3 is 6.09 Å². The third-order valence-corrected chi connectivity index (χ3v) is 6.37. The third-order valence-electron chi connectivity index (χ3n) is 5.61. The van der Waals surface area contributed by atoms with Crippen LogP contribution in [0.25, 0.3) is 0 Å². The predicted octanol–water partition coefficient (Wildman–Crippen LogP) is 0.502. The van der Waals surface area contributed by atoms with E-state index in [4.69, 9.17) is 4.74 Å². The van der Waals surface area contributed by atoms with Gasteiger partial charge in [0.1, 0.15) is 11.4 Å². The molecule has 0 saturated heterocycles. The average Bonchev–Trinajstić information content (AvgIpc) is 3.03. The fraction of sp³-hybridized carbons (Fsp3) is 0.450. The van der Waals surface area contributed by atoms with Gasteiger partial charge in [-0.25, -0.2) is 17.9 Å². The number of nitrogens with one attached hydrogen (secondary N) is 1. The lowest BCUT2D eigenvalue weighted by atomic mass is 10.0. The van der Waals surface area contributed by atoms with Gasteiger partial charge in [-0.1, -0.05) is 12.1 Å². The summed E-state index contributed by atoms with van der Waals surface area (Å²) in [4.78, 5) is 27.9. The zero-order valence-electron chi connectivity index (χ0n) is 17.8. The van der Waals surface area contributed by atoms with Crippen LogP contribution in [0.1, 0.15) is 27.3 Å². The van der Waals surface area contributed by atoms with Crippen molar-refractivity contribution in [2.45, 2.75) is 32.1 Å². The molecule has 1 atom stereocenters. The highest BCUT2D eigenvalue weighted by molar-refractivity contribution is 7.88. The fourth-order valence-corrected chi connectivity index (χ4v) is 4.95. The van der Waals surface area contributed by atoms with Gasteiger partial charge in [0.05, 0.1) is 38.2 Å². The van der Waals surface area contributed by atoms with Gasteiger partial charge in [-0.2, -0.15) is 5.10 Å². The number of nitrogens with zero attached hydrogens (tertiary/aromatic N) is 4. The van der Waals surface area contributed by atoms with E-state index in [0.29, 0.717) is 35.7 Å². The fourth-order valence-electron chi connectivity index (χ4n) is 4.19. The molecule has 12 heteroatoms. The van der Waals surface area contributed by atoms with Gasteiger partial charge in [0, 0.05) is 31.6 Å². The molecule has 0 bridgehead atoms. The highest BCUT2D eigenvalue weighted by atomic mass is 32.2. The number of fused-ring (bicyclic) bond motifs is 3. The second-order valence-corrected chi connectivity index (χ2v) is 9.81. The Morgan fingerprint density at radius 2 is 2.00 bits per heavy atom. The van der Waals surface area contributed by atoms with Gasteiger partial charge in [-0.15, -0.1) is 0 Å². The second-order valence-electron chi connectivity index (χ2n) is 8.03. The molecule has 3 heterocycles. The summed E-state index contributed by atoms with van der Waals surface area (Å²) in [5.74, 6) is 0.382. The molecule has 0 fully saturated rings. The van der Waals surface area contributed by atoms with E-state index in [1.165, 1.54) is 9.58 Å². The van der Waals surface area contributed by atoms with Crippen molar-refractivity contribution in [3.63, 3.8) is 0 Å². The number of sulfonamides is 1. The lowest BCUT2D eigenvalue weighted by molar-refractivity contribution is 0.0733. The summed E-state index contributed by atoms with van der Waals surface area (Å²) in [5, 5.41) is 13.9. The third kappa shape index (κ3) is 4.55. The zero-order chi connectivity index (χ0) is 23.0. The van der Waals surface area contributed by atoms with Crippen molar-refractivity contribution in [1.29, 1.82) is 0 Å². The van der Waals surface area contributed by atoms with Crippen LogP contribution in [0.15, 0.2) is 24.3 Å². The molecule has 0 aliphatic carbocycles. The van der Waals surface area contributed by atoms with Crippen LogP contribution in [0.2, 0.25) is 0 Å². The van der Waals surface area contributed by atoms with Crippen molar-refractivity contribution in [2.75, 3.05) is 26.5 Å². The van der Waals surface area contributed by atoms with Gasteiger partial charge in [-0.3, -0.25) is 9.48 Å². The largest absolute Gasteiger partial charge is 0.497 e. The quantitative estimate of drug-likeness (QED) is 0.659. The molecule has 0 radical (unpaired) electrons. The number of aromatic nitrogens is 2. The van der Waals surface area contributed by atoms with Crippen LogP contribution in [-0.4, -0.2) is 77.6 Å². The molecule has 0 spiro atoms. The number of carboxylic acid groups (broad SMARTS) is 1. The van der Waals surface area contributed by atoms with Gasteiger partial charge in [-0.05, 0) is 17.7 Å². The van der Waals surface area contributed by atoms with Crippen molar-refractivity contribution < 1.29 is 27.9 Å². The Morgan fingerprint density at radius 1 is 1.28 bits per heavy atom. The highest BCUT2D eigenvalue weighted by Crippen LogP contribution is 2.27. The van der Waals surface area contributed by atoms with E-state index >= 15 is 0 Å². The molecule has 2 aromatic rings. The molecule has 4 rings (SSSR count). The van der Waals surface area contributed by atoms with Crippen molar-refractivity contribution in [1.82, 2.24) is 24.3 Å². The summed E-state index contributed by atoms with van der Waals surface area (Å²) >= 11 is 0. The van der Waals surface area contributed by atoms with Crippen LogP contribution in [0, 0.1) is 0 Å². The first-order chi connectivity index (χ1) is 15.1. The van der Waals surface area contributed by atoms with Crippen molar-refractivity contribution in [3.8, 4) is 5.75 Å². The first-order valence-electron chi connectivity index (χ1n) is 10.1. The highest BCUT2D eigenvalue weighted by Gasteiger charge is 2.36. The number of hydrogen-bond donors (Lipinski definition) is 2. The van der Waals surface area contributed by atoms with E-state index in [1.807, 2.05) is 12.1 Å². The standard InChI is InChI=1S/C20H25N5O6S/c1-31-15-5-3-13(4-6-15)9-24-10-14(22-32(2,29)30)11-25-18(19(24)26)16-12-23(20(27)28)8-7-17(16)21-25/h3-6,14,22H,7-12H2,1-2H3,(H,27,28). The van der Waals surface area contributed by atoms with Gasteiger partial charge in [0.25, 0.3) is 5.91 Å². The van der Waals surface area contributed by atoms with E-state index in [0.717, 1.165) is 11.8 Å². The van der Waals surface area contributed by atoms with Crippen LogP contribution in [0.5, 0.6) is 5.75 Å². The first-order valence-corrected chi connectivity index (χ1v) is 12.0. The smallest absolute Gasteiger partial charge is 0.407 e. The lowest BCUT2D eigenvalue weighted by Gasteiger charge is -2.26. The van der Waals surface area contributed by atoms with E-state index in [9.17, 15) is 23.1 Å². The Bertz CT molecular complexity index is 1140. The molecule has 32 heavy (non-hydrogen) atoms. The number of rotatable bonds is 5. The molecule has 1 unspecified atom stereocenters. The molecule has 172 valence electrons. The summed E-state index contributed by atoms with van der Waals surface area (Å²) in [7, 11) is -1.95. The minimum absolute atomic E-state index is 0.0757. The van der Waals surface area contributed by atoms with Crippen molar-refractivity contribution in [3.05, 3.63) is 46.8 Å². The molecular formula is C20H25N5O6S. The Labute approximate surface area is 185 Å². The number of carbonyl (C=O) groups is 2. The predicted molar refractivity (Wildman–Crippen MR) is 114 cm³/mol. The second kappa shape index (κ2) is 8.43. The minimum atomic E-state index is -3.52. The summed E-state index contributed by atoms with van der Waals surface area (Å²) in [5.41, 5.74) is 2.43.